The summed E-state index contributed by atoms with van der Waals surface area (Å²) in [7, 11) is 3.83. The molecule has 1 aliphatic rings. The lowest BCUT2D eigenvalue weighted by Gasteiger charge is -2.46. The fourth-order valence-corrected chi connectivity index (χ4v) is 5.40. The van der Waals surface area contributed by atoms with Crippen LogP contribution in [0.15, 0.2) is 12.7 Å². The highest BCUT2D eigenvalue weighted by molar-refractivity contribution is 7.24. The molecule has 0 spiro atoms. The smallest absolute Gasteiger partial charge is 0.173 e. The van der Waals surface area contributed by atoms with Gasteiger partial charge in [-0.1, -0.05) is 33.3 Å². The summed E-state index contributed by atoms with van der Waals surface area (Å²) in [6, 6.07) is -0.00305. The Kier molecular flexibility index (Phi) is 12.6. The standard InChI is InChI=1S/C25H44NO6P/c1-10-12-30-25(7,15-16(3)11-2)23(19(6)21(28)13-17(4)27)32-24-22(33-29)20(26(8)9)14-18(5)31-24/h10,16,18-20,22-24H,1,11-15H2,2-9H3/t16-,18+,19-,20?,22+,23+,24-,25+/m0/s1. The summed E-state index contributed by atoms with van der Waals surface area (Å²) >= 11 is 0. The Bertz CT molecular complexity index is 671. The van der Waals surface area contributed by atoms with Gasteiger partial charge >= 0.3 is 0 Å². The molecule has 33 heavy (non-hydrogen) atoms. The molecule has 190 valence electrons. The number of hydrogen-bond donors (Lipinski definition) is 0. The maximum absolute atomic E-state index is 13.0. The zero-order valence-corrected chi connectivity index (χ0v) is 22.6. The van der Waals surface area contributed by atoms with Crippen LogP contribution in [0.25, 0.3) is 0 Å². The van der Waals surface area contributed by atoms with Crippen molar-refractivity contribution < 1.29 is 28.4 Å². The van der Waals surface area contributed by atoms with Crippen molar-refractivity contribution in [3.8, 4) is 0 Å². The average molecular weight is 486 g/mol. The second-order valence-corrected chi connectivity index (χ2v) is 10.8. The van der Waals surface area contributed by atoms with Crippen molar-refractivity contribution in [2.24, 2.45) is 11.8 Å². The molecule has 7 nitrogen and oxygen atoms in total. The molecule has 1 heterocycles. The minimum Gasteiger partial charge on any atom is -0.369 e. The molecule has 1 fully saturated rings. The van der Waals surface area contributed by atoms with Gasteiger partial charge in [0.2, 0.25) is 0 Å². The number of hydrogen-bond acceptors (Lipinski definition) is 7. The first-order valence-electron chi connectivity index (χ1n) is 12.0. The molecule has 0 radical (unpaired) electrons. The van der Waals surface area contributed by atoms with Gasteiger partial charge in [0.15, 0.2) is 14.8 Å². The number of Topliss-reactive ketones (excluding diaryl/α,β-unsaturated/α-hetero) is 2. The minimum atomic E-state index is -0.836. The number of ketones is 2. The number of carbonyl (C=O) groups is 2. The Hall–Kier alpha value is -0.980. The summed E-state index contributed by atoms with van der Waals surface area (Å²) < 4.78 is 31.2. The predicted octanol–water partition coefficient (Wildman–Crippen LogP) is 4.68. The molecule has 0 N–H and O–H groups in total. The van der Waals surface area contributed by atoms with Crippen molar-refractivity contribution in [1.82, 2.24) is 4.90 Å². The molecule has 1 rings (SSSR count). The monoisotopic (exact) mass is 485 g/mol. The van der Waals surface area contributed by atoms with Gasteiger partial charge in [-0.25, -0.2) is 0 Å². The van der Waals surface area contributed by atoms with Crippen LogP contribution in [0.2, 0.25) is 0 Å². The van der Waals surface area contributed by atoms with Gasteiger partial charge in [-0.2, -0.15) is 0 Å². The largest absolute Gasteiger partial charge is 0.369 e. The van der Waals surface area contributed by atoms with E-state index < -0.39 is 29.6 Å². The summed E-state index contributed by atoms with van der Waals surface area (Å²) in [5.74, 6) is -0.688. The van der Waals surface area contributed by atoms with Crippen LogP contribution in [-0.4, -0.2) is 73.0 Å². The molecule has 1 unspecified atom stereocenters. The Morgan fingerprint density at radius 3 is 2.45 bits per heavy atom. The first-order valence-corrected chi connectivity index (χ1v) is 12.8. The number of carbonyl (C=O) groups excluding carboxylic acids is 2. The topological polar surface area (TPSA) is 82.1 Å². The maximum Gasteiger partial charge on any atom is 0.173 e. The molecule has 0 aliphatic carbocycles. The van der Waals surface area contributed by atoms with Crippen LogP contribution in [0.1, 0.15) is 67.2 Å². The minimum absolute atomic E-state index is 0.00305. The van der Waals surface area contributed by atoms with Gasteiger partial charge in [0.05, 0.1) is 30.8 Å². The van der Waals surface area contributed by atoms with Crippen LogP contribution in [0.4, 0.5) is 0 Å². The van der Waals surface area contributed by atoms with Crippen molar-refractivity contribution in [1.29, 1.82) is 0 Å². The molecule has 0 saturated carbocycles. The Balaban J connectivity index is 3.42. The van der Waals surface area contributed by atoms with Gasteiger partial charge in [-0.3, -0.25) is 14.2 Å². The highest BCUT2D eigenvalue weighted by Gasteiger charge is 2.48. The lowest BCUT2D eigenvalue weighted by atomic mass is 9.79. The summed E-state index contributed by atoms with van der Waals surface area (Å²) in [4.78, 5) is 26.7. The van der Waals surface area contributed by atoms with Crippen LogP contribution in [0.3, 0.4) is 0 Å². The molecule has 8 atom stereocenters. The van der Waals surface area contributed by atoms with Crippen LogP contribution in [-0.2, 0) is 28.4 Å². The van der Waals surface area contributed by atoms with E-state index in [0.29, 0.717) is 18.9 Å². The third-order valence-electron chi connectivity index (χ3n) is 6.65. The van der Waals surface area contributed by atoms with Crippen LogP contribution >= 0.6 is 8.46 Å². The molecule has 0 aromatic carbocycles. The molecule has 0 aromatic rings. The molecule has 8 heteroatoms. The summed E-state index contributed by atoms with van der Waals surface area (Å²) in [5.41, 5.74) is -1.25. The van der Waals surface area contributed by atoms with E-state index in [4.69, 9.17) is 14.2 Å². The highest BCUT2D eigenvalue weighted by Crippen LogP contribution is 2.38. The zero-order chi connectivity index (χ0) is 25.3. The molecular weight excluding hydrogens is 441 g/mol. The van der Waals surface area contributed by atoms with Crippen LogP contribution < -0.4 is 0 Å². The molecule has 1 aliphatic heterocycles. The quantitative estimate of drug-likeness (QED) is 0.189. The van der Waals surface area contributed by atoms with Crippen LogP contribution in [0.5, 0.6) is 0 Å². The van der Waals surface area contributed by atoms with Gasteiger partial charge in [0.25, 0.3) is 0 Å². The third-order valence-corrected chi connectivity index (χ3v) is 7.48. The highest BCUT2D eigenvalue weighted by atomic mass is 31.1. The van der Waals surface area contributed by atoms with Gasteiger partial charge < -0.3 is 19.1 Å². The molecule has 1 saturated heterocycles. The van der Waals surface area contributed by atoms with Gasteiger partial charge in [0.1, 0.15) is 17.2 Å². The predicted molar refractivity (Wildman–Crippen MR) is 131 cm³/mol. The normalized spacial score (nSPS) is 28.2. The first-order chi connectivity index (χ1) is 15.4. The van der Waals surface area contributed by atoms with E-state index in [1.807, 2.05) is 32.8 Å². The number of ether oxygens (including phenoxy) is 3. The van der Waals surface area contributed by atoms with Crippen molar-refractivity contribution in [2.45, 2.75) is 103 Å². The summed E-state index contributed by atoms with van der Waals surface area (Å²) in [6.45, 7) is 15.4. The molecular formula is C25H44NO6P. The van der Waals surface area contributed by atoms with E-state index in [9.17, 15) is 14.2 Å². The Morgan fingerprint density at radius 1 is 1.33 bits per heavy atom. The van der Waals surface area contributed by atoms with Crippen molar-refractivity contribution >= 4 is 20.0 Å². The zero-order valence-electron chi connectivity index (χ0n) is 21.7. The van der Waals surface area contributed by atoms with E-state index in [1.54, 1.807) is 13.0 Å². The van der Waals surface area contributed by atoms with E-state index in [-0.39, 0.29) is 38.6 Å². The fraction of sp³-hybridized carbons (Fsp3) is 0.840. The van der Waals surface area contributed by atoms with Crippen LogP contribution in [0, 0.1) is 11.8 Å². The Labute approximate surface area is 201 Å². The molecule has 0 amide bonds. The first kappa shape index (κ1) is 30.1. The van der Waals surface area contributed by atoms with Crippen molar-refractivity contribution in [3.63, 3.8) is 0 Å². The SMILES string of the molecule is C=CCO[C@](C)(C[C@@H](C)CC)[C@H](O[C@@H]1O[C@H](C)CC(N(C)C)[C@H]1P=O)[C@@H](C)C(=O)CC(C)=O. The third kappa shape index (κ3) is 8.63. The van der Waals surface area contributed by atoms with E-state index in [1.165, 1.54) is 6.92 Å². The maximum atomic E-state index is 13.0. The Morgan fingerprint density at radius 2 is 1.97 bits per heavy atom. The second kappa shape index (κ2) is 13.8. The lowest BCUT2D eigenvalue weighted by Crippen LogP contribution is -2.57. The van der Waals surface area contributed by atoms with Gasteiger partial charge in [-0.05, 0) is 53.6 Å². The molecule has 0 bridgehead atoms. The average Bonchev–Trinajstić information content (AvgIpc) is 2.74. The van der Waals surface area contributed by atoms with E-state index in [0.717, 1.165) is 12.8 Å². The van der Waals surface area contributed by atoms with Crippen molar-refractivity contribution in [2.75, 3.05) is 20.7 Å². The van der Waals surface area contributed by atoms with Gasteiger partial charge in [0, 0.05) is 12.0 Å². The fourth-order valence-electron chi connectivity index (χ4n) is 4.63. The summed E-state index contributed by atoms with van der Waals surface area (Å²) in [5, 5.41) is 0. The van der Waals surface area contributed by atoms with Crippen molar-refractivity contribution in [3.05, 3.63) is 12.7 Å². The van der Waals surface area contributed by atoms with Gasteiger partial charge in [-0.15, -0.1) is 6.58 Å². The number of nitrogens with zero attached hydrogens (tertiary/aromatic N) is 1. The number of rotatable bonds is 15. The van der Waals surface area contributed by atoms with E-state index in [2.05, 4.69) is 20.4 Å². The molecule has 0 aromatic heterocycles. The lowest BCUT2D eigenvalue weighted by molar-refractivity contribution is -0.262. The summed E-state index contributed by atoms with van der Waals surface area (Å²) in [6.07, 6.45) is 2.27. The second-order valence-electron chi connectivity index (χ2n) is 10.00. The van der Waals surface area contributed by atoms with E-state index >= 15 is 0 Å².